The summed E-state index contributed by atoms with van der Waals surface area (Å²) in [7, 11) is -3.77. The second kappa shape index (κ2) is 10.3. The quantitative estimate of drug-likeness (QED) is 0.310. The first kappa shape index (κ1) is 24.4. The van der Waals surface area contributed by atoms with E-state index in [1.807, 2.05) is 45.0 Å². The summed E-state index contributed by atoms with van der Waals surface area (Å²) in [5.41, 5.74) is 3.28. The Hall–Kier alpha value is -3.69. The molecule has 1 amide bonds. The number of carbonyl (C=O) groups is 1. The summed E-state index contributed by atoms with van der Waals surface area (Å²) in [5.74, 6) is 0.406. The molecule has 3 aromatic carbocycles. The molecule has 2 N–H and O–H groups in total. The van der Waals surface area contributed by atoms with Crippen LogP contribution in [0.1, 0.15) is 27.7 Å². The summed E-state index contributed by atoms with van der Waals surface area (Å²) in [6, 6.07) is 20.5. The number of thiazole rings is 1. The molecule has 1 aromatic heterocycles. The van der Waals surface area contributed by atoms with E-state index < -0.39 is 10.0 Å². The number of aryl methyl sites for hydroxylation is 2. The highest BCUT2D eigenvalue weighted by atomic mass is 32.2. The van der Waals surface area contributed by atoms with Gasteiger partial charge in [0, 0.05) is 21.7 Å². The van der Waals surface area contributed by atoms with Crippen LogP contribution in [0.3, 0.4) is 0 Å². The van der Waals surface area contributed by atoms with Crippen LogP contribution in [-0.2, 0) is 10.0 Å². The van der Waals surface area contributed by atoms with Gasteiger partial charge >= 0.3 is 0 Å². The summed E-state index contributed by atoms with van der Waals surface area (Å²) in [4.78, 5) is 18.6. The molecule has 0 atom stereocenters. The smallest absolute Gasteiger partial charge is 0.261 e. The summed E-state index contributed by atoms with van der Waals surface area (Å²) in [5, 5.41) is 3.28. The third kappa shape index (κ3) is 5.87. The van der Waals surface area contributed by atoms with Crippen LogP contribution in [0.4, 0.5) is 10.8 Å². The van der Waals surface area contributed by atoms with E-state index in [0.717, 1.165) is 27.4 Å². The lowest BCUT2D eigenvalue weighted by molar-refractivity contribution is 0.102. The van der Waals surface area contributed by atoms with Crippen LogP contribution in [0.2, 0.25) is 0 Å². The zero-order valence-electron chi connectivity index (χ0n) is 19.5. The number of carbonyl (C=O) groups excluding carboxylic acids is 1. The summed E-state index contributed by atoms with van der Waals surface area (Å²) < 4.78 is 33.4. The van der Waals surface area contributed by atoms with E-state index in [4.69, 9.17) is 4.74 Å². The maximum absolute atomic E-state index is 12.9. The molecule has 1 heterocycles. The van der Waals surface area contributed by atoms with Gasteiger partial charge in [-0.1, -0.05) is 23.8 Å². The highest BCUT2D eigenvalue weighted by Gasteiger charge is 2.17. The van der Waals surface area contributed by atoms with Gasteiger partial charge < -0.3 is 4.74 Å². The average Bonchev–Trinajstić information content (AvgIpc) is 3.19. The Morgan fingerprint density at radius 3 is 2.40 bits per heavy atom. The molecular formula is C26H25N3O4S2. The maximum Gasteiger partial charge on any atom is 0.261 e. The second-order valence-corrected chi connectivity index (χ2v) is 10.7. The maximum atomic E-state index is 12.9. The van der Waals surface area contributed by atoms with Gasteiger partial charge in [0.2, 0.25) is 0 Å². The van der Waals surface area contributed by atoms with Gasteiger partial charge in [-0.2, -0.15) is 0 Å². The van der Waals surface area contributed by atoms with Crippen LogP contribution in [-0.4, -0.2) is 25.9 Å². The fourth-order valence-electron chi connectivity index (χ4n) is 3.42. The molecule has 0 saturated carbocycles. The van der Waals surface area contributed by atoms with Gasteiger partial charge in [-0.3, -0.25) is 14.8 Å². The summed E-state index contributed by atoms with van der Waals surface area (Å²) in [6.45, 7) is 6.36. The number of amides is 1. The van der Waals surface area contributed by atoms with E-state index in [2.05, 4.69) is 15.0 Å². The van der Waals surface area contributed by atoms with Gasteiger partial charge in [-0.05, 0) is 75.4 Å². The number of ether oxygens (including phenoxy) is 1. The first-order valence-corrected chi connectivity index (χ1v) is 13.3. The molecule has 180 valence electrons. The lowest BCUT2D eigenvalue weighted by Crippen LogP contribution is -2.15. The van der Waals surface area contributed by atoms with Crippen LogP contribution in [0.5, 0.6) is 5.75 Å². The molecule has 0 saturated heterocycles. The van der Waals surface area contributed by atoms with E-state index in [0.29, 0.717) is 23.0 Å². The zero-order chi connectivity index (χ0) is 25.0. The van der Waals surface area contributed by atoms with Crippen LogP contribution in [0.25, 0.3) is 11.3 Å². The monoisotopic (exact) mass is 507 g/mol. The van der Waals surface area contributed by atoms with Crippen molar-refractivity contribution in [3.8, 4) is 17.0 Å². The lowest BCUT2D eigenvalue weighted by atomic mass is 10.1. The van der Waals surface area contributed by atoms with E-state index in [1.165, 1.54) is 17.4 Å². The SMILES string of the molecule is CCOc1ccc(-c2nc(NC(=O)c3cccc(NS(=O)(=O)c4ccc(C)cc4)c3)sc2C)cc1. The van der Waals surface area contributed by atoms with Gasteiger partial charge in [0.1, 0.15) is 5.75 Å². The van der Waals surface area contributed by atoms with Crippen LogP contribution in [0.15, 0.2) is 77.7 Å². The zero-order valence-corrected chi connectivity index (χ0v) is 21.2. The number of anilines is 2. The molecular weight excluding hydrogens is 482 g/mol. The van der Waals surface area contributed by atoms with Gasteiger partial charge in [0.25, 0.3) is 15.9 Å². The summed E-state index contributed by atoms with van der Waals surface area (Å²) >= 11 is 1.37. The molecule has 0 radical (unpaired) electrons. The third-order valence-electron chi connectivity index (χ3n) is 5.16. The highest BCUT2D eigenvalue weighted by molar-refractivity contribution is 7.92. The van der Waals surface area contributed by atoms with Crippen molar-refractivity contribution >= 4 is 38.1 Å². The van der Waals surface area contributed by atoms with Gasteiger partial charge in [0.05, 0.1) is 17.2 Å². The number of nitrogens with one attached hydrogen (secondary N) is 2. The second-order valence-electron chi connectivity index (χ2n) is 7.83. The molecule has 0 aliphatic rings. The minimum atomic E-state index is -3.77. The Kier molecular flexibility index (Phi) is 7.18. The fraction of sp³-hybridized carbons (Fsp3) is 0.154. The van der Waals surface area contributed by atoms with Crippen molar-refractivity contribution in [1.29, 1.82) is 0 Å². The highest BCUT2D eigenvalue weighted by Crippen LogP contribution is 2.31. The minimum absolute atomic E-state index is 0.151. The minimum Gasteiger partial charge on any atom is -0.494 e. The van der Waals surface area contributed by atoms with Gasteiger partial charge in [-0.25, -0.2) is 13.4 Å². The molecule has 9 heteroatoms. The number of nitrogens with zero attached hydrogens (tertiary/aromatic N) is 1. The normalized spacial score (nSPS) is 11.2. The van der Waals surface area contributed by atoms with E-state index in [9.17, 15) is 13.2 Å². The standard InChI is InChI=1S/C26H25N3O4S2/c1-4-33-22-12-10-19(11-13-22)24-18(3)34-26(27-24)28-25(30)20-6-5-7-21(16-20)29-35(31,32)23-14-8-17(2)9-15-23/h5-16,29H,4H2,1-3H3,(H,27,28,30). The van der Waals surface area contributed by atoms with Gasteiger partial charge in [-0.15, -0.1) is 11.3 Å². The predicted molar refractivity (Wildman–Crippen MR) is 140 cm³/mol. The molecule has 0 aliphatic heterocycles. The summed E-state index contributed by atoms with van der Waals surface area (Å²) in [6.07, 6.45) is 0. The number of sulfonamides is 1. The fourth-order valence-corrected chi connectivity index (χ4v) is 5.30. The van der Waals surface area contributed by atoms with Crippen molar-refractivity contribution in [2.24, 2.45) is 0 Å². The van der Waals surface area contributed by atoms with Crippen LogP contribution >= 0.6 is 11.3 Å². The Labute approximate surface area is 208 Å². The first-order valence-electron chi connectivity index (χ1n) is 11.0. The predicted octanol–water partition coefficient (Wildman–Crippen LogP) is 5.88. The molecule has 0 bridgehead atoms. The van der Waals surface area contributed by atoms with Crippen molar-refractivity contribution in [3.05, 3.63) is 88.8 Å². The Bertz CT molecular complexity index is 1440. The van der Waals surface area contributed by atoms with E-state index in [1.54, 1.807) is 42.5 Å². The van der Waals surface area contributed by atoms with Gasteiger partial charge in [0.15, 0.2) is 5.13 Å². The number of aromatic nitrogens is 1. The Morgan fingerprint density at radius 1 is 1.00 bits per heavy atom. The van der Waals surface area contributed by atoms with Crippen molar-refractivity contribution < 1.29 is 17.9 Å². The molecule has 0 fully saturated rings. The largest absolute Gasteiger partial charge is 0.494 e. The average molecular weight is 508 g/mol. The van der Waals surface area contributed by atoms with Crippen LogP contribution < -0.4 is 14.8 Å². The van der Waals surface area contributed by atoms with Crippen LogP contribution in [0, 0.1) is 13.8 Å². The number of hydrogen-bond donors (Lipinski definition) is 2. The molecule has 0 aliphatic carbocycles. The number of hydrogen-bond acceptors (Lipinski definition) is 6. The van der Waals surface area contributed by atoms with E-state index in [-0.39, 0.29) is 10.8 Å². The van der Waals surface area contributed by atoms with E-state index >= 15 is 0 Å². The van der Waals surface area contributed by atoms with Crippen molar-refractivity contribution in [2.75, 3.05) is 16.6 Å². The Balaban J connectivity index is 1.48. The molecule has 4 aromatic rings. The number of rotatable bonds is 8. The van der Waals surface area contributed by atoms with Crippen molar-refractivity contribution in [2.45, 2.75) is 25.7 Å². The molecule has 7 nitrogen and oxygen atoms in total. The topological polar surface area (TPSA) is 97.4 Å². The van der Waals surface area contributed by atoms with Crippen molar-refractivity contribution in [1.82, 2.24) is 4.98 Å². The molecule has 0 unspecified atom stereocenters. The van der Waals surface area contributed by atoms with Crippen molar-refractivity contribution in [3.63, 3.8) is 0 Å². The molecule has 4 rings (SSSR count). The first-order chi connectivity index (χ1) is 16.7. The molecule has 0 spiro atoms. The number of benzene rings is 3. The Morgan fingerprint density at radius 2 is 1.71 bits per heavy atom. The lowest BCUT2D eigenvalue weighted by Gasteiger charge is -2.10. The molecule has 35 heavy (non-hydrogen) atoms. The third-order valence-corrected chi connectivity index (χ3v) is 7.45.